The van der Waals surface area contributed by atoms with Gasteiger partial charge in [0.05, 0.1) is 12.5 Å². The molecule has 0 spiro atoms. The number of amides is 1. The summed E-state index contributed by atoms with van der Waals surface area (Å²) in [4.78, 5) is 12.4. The van der Waals surface area contributed by atoms with Crippen molar-refractivity contribution < 1.29 is 9.53 Å². The number of carbonyl (C=O) groups is 1. The van der Waals surface area contributed by atoms with Crippen LogP contribution in [0.1, 0.15) is 37.2 Å². The van der Waals surface area contributed by atoms with Gasteiger partial charge in [0.1, 0.15) is 5.75 Å². The molecule has 0 radical (unpaired) electrons. The molecule has 2 unspecified atom stereocenters. The number of benzene rings is 1. The second kappa shape index (κ2) is 6.27. The van der Waals surface area contributed by atoms with Crippen molar-refractivity contribution in [1.82, 2.24) is 10.6 Å². The SMILES string of the molecule is O=C(NCC1CCCCN1)C1CCOc2ccccc21. The van der Waals surface area contributed by atoms with Crippen molar-refractivity contribution in [3.8, 4) is 5.75 Å². The largest absolute Gasteiger partial charge is 0.493 e. The maximum Gasteiger partial charge on any atom is 0.227 e. The van der Waals surface area contributed by atoms with E-state index in [9.17, 15) is 4.79 Å². The highest BCUT2D eigenvalue weighted by Crippen LogP contribution is 2.33. The molecule has 3 rings (SSSR count). The first-order valence-corrected chi connectivity index (χ1v) is 7.57. The molecule has 0 aliphatic carbocycles. The summed E-state index contributed by atoms with van der Waals surface area (Å²) in [6, 6.07) is 8.29. The van der Waals surface area contributed by atoms with E-state index in [4.69, 9.17) is 4.74 Å². The molecule has 0 saturated carbocycles. The predicted octanol–water partition coefficient (Wildman–Crippen LogP) is 1.81. The van der Waals surface area contributed by atoms with Gasteiger partial charge in [0, 0.05) is 18.2 Å². The maximum absolute atomic E-state index is 12.4. The molecule has 2 heterocycles. The fraction of sp³-hybridized carbons (Fsp3) is 0.562. The van der Waals surface area contributed by atoms with Gasteiger partial charge in [0.25, 0.3) is 0 Å². The third-order valence-corrected chi connectivity index (χ3v) is 4.21. The van der Waals surface area contributed by atoms with Crippen LogP contribution in [0.2, 0.25) is 0 Å². The van der Waals surface area contributed by atoms with Crippen LogP contribution in [0.4, 0.5) is 0 Å². The average molecular weight is 274 g/mol. The Hall–Kier alpha value is -1.55. The number of rotatable bonds is 3. The Bertz CT molecular complexity index is 469. The number of piperidine rings is 1. The number of nitrogens with one attached hydrogen (secondary N) is 2. The van der Waals surface area contributed by atoms with Crippen molar-refractivity contribution in [2.75, 3.05) is 19.7 Å². The molecular formula is C16H22N2O2. The van der Waals surface area contributed by atoms with Crippen LogP contribution in [-0.2, 0) is 4.79 Å². The molecular weight excluding hydrogens is 252 g/mol. The van der Waals surface area contributed by atoms with Crippen LogP contribution in [-0.4, -0.2) is 31.6 Å². The predicted molar refractivity (Wildman–Crippen MR) is 77.9 cm³/mol. The average Bonchev–Trinajstić information content (AvgIpc) is 2.53. The second-order valence-electron chi connectivity index (χ2n) is 5.62. The lowest BCUT2D eigenvalue weighted by Gasteiger charge is -2.27. The van der Waals surface area contributed by atoms with Gasteiger partial charge in [-0.25, -0.2) is 0 Å². The van der Waals surface area contributed by atoms with E-state index in [0.29, 0.717) is 12.6 Å². The monoisotopic (exact) mass is 274 g/mol. The van der Waals surface area contributed by atoms with Crippen molar-refractivity contribution in [2.24, 2.45) is 0 Å². The molecule has 0 bridgehead atoms. The fourth-order valence-corrected chi connectivity index (χ4v) is 3.06. The summed E-state index contributed by atoms with van der Waals surface area (Å²) >= 11 is 0. The Labute approximate surface area is 119 Å². The number of hydrogen-bond donors (Lipinski definition) is 2. The molecule has 1 fully saturated rings. The second-order valence-corrected chi connectivity index (χ2v) is 5.62. The first-order valence-electron chi connectivity index (χ1n) is 7.57. The highest BCUT2D eigenvalue weighted by Gasteiger charge is 2.27. The molecule has 2 atom stereocenters. The zero-order chi connectivity index (χ0) is 13.8. The summed E-state index contributed by atoms with van der Waals surface area (Å²) in [6.07, 6.45) is 4.43. The highest BCUT2D eigenvalue weighted by atomic mass is 16.5. The first-order chi connectivity index (χ1) is 9.84. The molecule has 1 saturated heterocycles. The Kier molecular flexibility index (Phi) is 4.21. The summed E-state index contributed by atoms with van der Waals surface area (Å²) in [5.41, 5.74) is 1.02. The number of carbonyl (C=O) groups excluding carboxylic acids is 1. The van der Waals surface area contributed by atoms with Crippen LogP contribution in [0, 0.1) is 0 Å². The molecule has 0 aromatic heterocycles. The summed E-state index contributed by atoms with van der Waals surface area (Å²) < 4.78 is 5.61. The number of ether oxygens (including phenoxy) is 1. The molecule has 4 nitrogen and oxygen atoms in total. The molecule has 1 aromatic carbocycles. The Balaban J connectivity index is 1.60. The molecule has 2 aliphatic rings. The van der Waals surface area contributed by atoms with Crippen LogP contribution >= 0.6 is 0 Å². The van der Waals surface area contributed by atoms with E-state index >= 15 is 0 Å². The highest BCUT2D eigenvalue weighted by molar-refractivity contribution is 5.84. The fourth-order valence-electron chi connectivity index (χ4n) is 3.06. The van der Waals surface area contributed by atoms with Crippen molar-refractivity contribution in [1.29, 1.82) is 0 Å². The molecule has 108 valence electrons. The Morgan fingerprint density at radius 3 is 3.05 bits per heavy atom. The molecule has 20 heavy (non-hydrogen) atoms. The quantitative estimate of drug-likeness (QED) is 0.884. The van der Waals surface area contributed by atoms with Crippen molar-refractivity contribution in [2.45, 2.75) is 37.6 Å². The lowest BCUT2D eigenvalue weighted by atomic mass is 9.92. The van der Waals surface area contributed by atoms with E-state index in [-0.39, 0.29) is 11.8 Å². The van der Waals surface area contributed by atoms with Gasteiger partial charge in [0.2, 0.25) is 5.91 Å². The summed E-state index contributed by atoms with van der Waals surface area (Å²) in [7, 11) is 0. The lowest BCUT2D eigenvalue weighted by Crippen LogP contribution is -2.45. The normalized spacial score (nSPS) is 25.4. The molecule has 4 heteroatoms. The van der Waals surface area contributed by atoms with Gasteiger partial charge in [-0.1, -0.05) is 24.6 Å². The molecule has 1 aromatic rings. The maximum atomic E-state index is 12.4. The molecule has 1 amide bonds. The van der Waals surface area contributed by atoms with E-state index in [1.165, 1.54) is 12.8 Å². The van der Waals surface area contributed by atoms with E-state index in [2.05, 4.69) is 10.6 Å². The van der Waals surface area contributed by atoms with E-state index in [0.717, 1.165) is 37.2 Å². The van der Waals surface area contributed by atoms with E-state index in [1.807, 2.05) is 24.3 Å². The summed E-state index contributed by atoms with van der Waals surface area (Å²) in [5.74, 6) is 0.923. The number of hydrogen-bond acceptors (Lipinski definition) is 3. The minimum atomic E-state index is -0.0662. The minimum Gasteiger partial charge on any atom is -0.493 e. The molecule has 2 N–H and O–H groups in total. The summed E-state index contributed by atoms with van der Waals surface area (Å²) in [5, 5.41) is 6.56. The third-order valence-electron chi connectivity index (χ3n) is 4.21. The zero-order valence-electron chi connectivity index (χ0n) is 11.7. The van der Waals surface area contributed by atoms with Crippen molar-refractivity contribution >= 4 is 5.91 Å². The Morgan fingerprint density at radius 1 is 1.30 bits per heavy atom. The van der Waals surface area contributed by atoms with Gasteiger partial charge >= 0.3 is 0 Å². The standard InChI is InChI=1S/C16H22N2O2/c19-16(18-11-12-5-3-4-9-17-12)14-8-10-20-15-7-2-1-6-13(14)15/h1-2,6-7,12,14,17H,3-5,8-11H2,(H,18,19). The van der Waals surface area contributed by atoms with Crippen LogP contribution in [0.25, 0.3) is 0 Å². The van der Waals surface area contributed by atoms with E-state index in [1.54, 1.807) is 0 Å². The van der Waals surface area contributed by atoms with Crippen molar-refractivity contribution in [3.63, 3.8) is 0 Å². The number of fused-ring (bicyclic) bond motifs is 1. The smallest absolute Gasteiger partial charge is 0.227 e. The minimum absolute atomic E-state index is 0.0662. The van der Waals surface area contributed by atoms with Crippen LogP contribution < -0.4 is 15.4 Å². The molecule has 2 aliphatic heterocycles. The van der Waals surface area contributed by atoms with Crippen LogP contribution in [0.15, 0.2) is 24.3 Å². The third kappa shape index (κ3) is 2.96. The van der Waals surface area contributed by atoms with Gasteiger partial charge in [-0.05, 0) is 31.9 Å². The van der Waals surface area contributed by atoms with Gasteiger partial charge in [-0.2, -0.15) is 0 Å². The lowest BCUT2D eigenvalue weighted by molar-refractivity contribution is -0.123. The van der Waals surface area contributed by atoms with Gasteiger partial charge in [0.15, 0.2) is 0 Å². The first kappa shape index (κ1) is 13.4. The topological polar surface area (TPSA) is 50.4 Å². The number of para-hydroxylation sites is 1. The van der Waals surface area contributed by atoms with E-state index < -0.39 is 0 Å². The van der Waals surface area contributed by atoms with Gasteiger partial charge in [-0.15, -0.1) is 0 Å². The van der Waals surface area contributed by atoms with Crippen LogP contribution in [0.5, 0.6) is 5.75 Å². The van der Waals surface area contributed by atoms with Gasteiger partial charge < -0.3 is 15.4 Å². The zero-order valence-corrected chi connectivity index (χ0v) is 11.7. The van der Waals surface area contributed by atoms with Crippen molar-refractivity contribution in [3.05, 3.63) is 29.8 Å². The summed E-state index contributed by atoms with van der Waals surface area (Å²) in [6.45, 7) is 2.43. The van der Waals surface area contributed by atoms with Crippen LogP contribution in [0.3, 0.4) is 0 Å². The Morgan fingerprint density at radius 2 is 2.20 bits per heavy atom. The van der Waals surface area contributed by atoms with Gasteiger partial charge in [-0.3, -0.25) is 4.79 Å².